The van der Waals surface area contributed by atoms with E-state index in [0.29, 0.717) is 66.9 Å². The molecule has 5 rings (SSSR count). The Balaban J connectivity index is 1.53. The van der Waals surface area contributed by atoms with Crippen LogP contribution in [0.2, 0.25) is 0 Å². The molecule has 0 bridgehead atoms. The van der Waals surface area contributed by atoms with Crippen LogP contribution in [0.3, 0.4) is 0 Å². The number of methoxy groups -OCH3 is 1. The van der Waals surface area contributed by atoms with Crippen LogP contribution in [0.15, 0.2) is 48.2 Å². The number of fused-ring (bicyclic) bond motifs is 1. The number of unbranched alkanes of at least 4 members (excludes halogenated alkanes) is 2. The standard InChI is InChI=1S/C32H40N4O6/c1-4-5-8-18-42-24-12-11-23(21-25(24)40-3)29-27(30(37)28-22(2)33-26-10-6-7-14-35(26)28)31(38)32(39)36(29)15-9-13-34-16-19-41-20-17-34/h6-7,10-12,14,21,29,37H,4-5,8-9,13,15-20H2,1-3H3. The van der Waals surface area contributed by atoms with Crippen molar-refractivity contribution >= 4 is 23.1 Å². The minimum absolute atomic E-state index is 0.0405. The molecule has 2 fully saturated rings. The van der Waals surface area contributed by atoms with Gasteiger partial charge in [-0.05, 0) is 49.6 Å². The van der Waals surface area contributed by atoms with Crippen LogP contribution in [0.25, 0.3) is 11.4 Å². The fourth-order valence-electron chi connectivity index (χ4n) is 5.78. The van der Waals surface area contributed by atoms with Crippen molar-refractivity contribution in [2.45, 2.75) is 45.6 Å². The zero-order valence-electron chi connectivity index (χ0n) is 24.7. The summed E-state index contributed by atoms with van der Waals surface area (Å²) in [6, 6.07) is 10.2. The summed E-state index contributed by atoms with van der Waals surface area (Å²) in [5.74, 6) is -0.487. The van der Waals surface area contributed by atoms with Gasteiger partial charge in [-0.25, -0.2) is 4.98 Å². The molecule has 0 saturated carbocycles. The Kier molecular flexibility index (Phi) is 9.44. The lowest BCUT2D eigenvalue weighted by Crippen LogP contribution is -2.39. The highest BCUT2D eigenvalue weighted by molar-refractivity contribution is 6.46. The first-order valence-corrected chi connectivity index (χ1v) is 14.8. The average molecular weight is 577 g/mol. The Labute approximate surface area is 246 Å². The molecule has 0 aliphatic carbocycles. The lowest BCUT2D eigenvalue weighted by molar-refractivity contribution is -0.140. The van der Waals surface area contributed by atoms with E-state index in [1.165, 1.54) is 0 Å². The topological polar surface area (TPSA) is 106 Å². The maximum atomic E-state index is 13.7. The Morgan fingerprint density at radius 1 is 1.07 bits per heavy atom. The van der Waals surface area contributed by atoms with E-state index in [9.17, 15) is 14.7 Å². The number of carbonyl (C=O) groups excluding carboxylic acids is 2. The molecule has 2 aromatic heterocycles. The van der Waals surface area contributed by atoms with E-state index in [1.54, 1.807) is 35.6 Å². The summed E-state index contributed by atoms with van der Waals surface area (Å²) < 4.78 is 18.9. The summed E-state index contributed by atoms with van der Waals surface area (Å²) in [5.41, 5.74) is 2.29. The number of benzene rings is 1. The summed E-state index contributed by atoms with van der Waals surface area (Å²) in [6.07, 6.45) is 5.56. The van der Waals surface area contributed by atoms with Crippen LogP contribution in [-0.4, -0.2) is 89.1 Å². The molecule has 4 heterocycles. The number of aryl methyl sites for hydroxylation is 1. The summed E-state index contributed by atoms with van der Waals surface area (Å²) in [4.78, 5) is 35.6. The van der Waals surface area contributed by atoms with E-state index in [0.717, 1.165) is 38.9 Å². The monoisotopic (exact) mass is 576 g/mol. The molecule has 1 amide bonds. The molecule has 10 nitrogen and oxygen atoms in total. The van der Waals surface area contributed by atoms with Crippen molar-refractivity contribution in [2.24, 2.45) is 0 Å². The number of aromatic nitrogens is 2. The minimum atomic E-state index is -0.800. The highest BCUT2D eigenvalue weighted by atomic mass is 16.5. The summed E-state index contributed by atoms with van der Waals surface area (Å²) in [5, 5.41) is 11.7. The molecular formula is C32H40N4O6. The second kappa shape index (κ2) is 13.4. The second-order valence-corrected chi connectivity index (χ2v) is 10.7. The molecule has 224 valence electrons. The predicted octanol–water partition coefficient (Wildman–Crippen LogP) is 4.36. The highest BCUT2D eigenvalue weighted by Gasteiger charge is 2.46. The fraction of sp³-hybridized carbons (Fsp3) is 0.469. The van der Waals surface area contributed by atoms with Gasteiger partial charge in [0, 0.05) is 32.4 Å². The summed E-state index contributed by atoms with van der Waals surface area (Å²) in [7, 11) is 1.57. The number of hydrogen-bond acceptors (Lipinski definition) is 8. The van der Waals surface area contributed by atoms with Crippen molar-refractivity contribution in [2.75, 3.05) is 53.1 Å². The largest absolute Gasteiger partial charge is 0.505 e. The lowest BCUT2D eigenvalue weighted by atomic mass is 9.95. The number of imidazole rings is 1. The third-order valence-electron chi connectivity index (χ3n) is 7.95. The SMILES string of the molecule is CCCCCOc1ccc(C2C(=C(O)c3c(C)nc4ccccn34)C(=O)C(=O)N2CCCN2CCOCC2)cc1OC. The van der Waals surface area contributed by atoms with E-state index in [2.05, 4.69) is 16.8 Å². The number of ketones is 1. The zero-order valence-corrected chi connectivity index (χ0v) is 24.7. The first kappa shape index (κ1) is 29.6. The van der Waals surface area contributed by atoms with Crippen LogP contribution in [0, 0.1) is 6.92 Å². The average Bonchev–Trinajstić information content (AvgIpc) is 3.48. The van der Waals surface area contributed by atoms with Crippen molar-refractivity contribution < 1.29 is 28.9 Å². The van der Waals surface area contributed by atoms with Gasteiger partial charge in [-0.2, -0.15) is 0 Å². The van der Waals surface area contributed by atoms with Gasteiger partial charge in [0.15, 0.2) is 17.3 Å². The Hall–Kier alpha value is -3.89. The highest BCUT2D eigenvalue weighted by Crippen LogP contribution is 2.42. The predicted molar refractivity (Wildman–Crippen MR) is 159 cm³/mol. The first-order chi connectivity index (χ1) is 20.4. The number of hydrogen-bond donors (Lipinski definition) is 1. The van der Waals surface area contributed by atoms with Gasteiger partial charge in [0.25, 0.3) is 11.7 Å². The molecule has 1 atom stereocenters. The number of carbonyl (C=O) groups is 2. The minimum Gasteiger partial charge on any atom is -0.505 e. The smallest absolute Gasteiger partial charge is 0.295 e. The summed E-state index contributed by atoms with van der Waals surface area (Å²) in [6.45, 7) is 8.68. The van der Waals surface area contributed by atoms with Crippen LogP contribution in [0.1, 0.15) is 55.6 Å². The van der Waals surface area contributed by atoms with Crippen molar-refractivity contribution in [3.63, 3.8) is 0 Å². The van der Waals surface area contributed by atoms with Gasteiger partial charge in [0.05, 0.1) is 44.2 Å². The fourth-order valence-corrected chi connectivity index (χ4v) is 5.78. The van der Waals surface area contributed by atoms with Gasteiger partial charge in [0.1, 0.15) is 11.3 Å². The number of nitrogens with zero attached hydrogens (tertiary/aromatic N) is 4. The van der Waals surface area contributed by atoms with E-state index in [1.807, 2.05) is 30.3 Å². The third kappa shape index (κ3) is 6.00. The van der Waals surface area contributed by atoms with Crippen molar-refractivity contribution in [3.8, 4) is 11.5 Å². The van der Waals surface area contributed by atoms with Gasteiger partial charge in [-0.1, -0.05) is 31.9 Å². The maximum Gasteiger partial charge on any atom is 0.295 e. The molecule has 1 aromatic carbocycles. The molecule has 2 aliphatic heterocycles. The number of Topliss-reactive ketones (excluding diaryl/α,β-unsaturated/α-hetero) is 1. The lowest BCUT2D eigenvalue weighted by Gasteiger charge is -2.29. The van der Waals surface area contributed by atoms with Crippen LogP contribution < -0.4 is 9.47 Å². The second-order valence-electron chi connectivity index (χ2n) is 10.7. The van der Waals surface area contributed by atoms with Gasteiger partial charge in [0.2, 0.25) is 0 Å². The van der Waals surface area contributed by atoms with E-state index >= 15 is 0 Å². The number of amides is 1. The Morgan fingerprint density at radius 2 is 1.88 bits per heavy atom. The molecule has 10 heteroatoms. The van der Waals surface area contributed by atoms with E-state index in [-0.39, 0.29) is 11.3 Å². The molecule has 3 aromatic rings. The number of aliphatic hydroxyl groups excluding tert-OH is 1. The molecule has 42 heavy (non-hydrogen) atoms. The van der Waals surface area contributed by atoms with Gasteiger partial charge < -0.3 is 24.2 Å². The molecule has 2 saturated heterocycles. The molecule has 0 spiro atoms. The van der Waals surface area contributed by atoms with Crippen molar-refractivity contribution in [3.05, 3.63) is 65.1 Å². The van der Waals surface area contributed by atoms with Crippen LogP contribution in [0.4, 0.5) is 0 Å². The first-order valence-electron chi connectivity index (χ1n) is 14.8. The van der Waals surface area contributed by atoms with E-state index in [4.69, 9.17) is 14.2 Å². The number of rotatable bonds is 12. The zero-order chi connectivity index (χ0) is 29.6. The Morgan fingerprint density at radius 3 is 2.64 bits per heavy atom. The van der Waals surface area contributed by atoms with Crippen LogP contribution in [0.5, 0.6) is 11.5 Å². The van der Waals surface area contributed by atoms with Gasteiger partial charge in [-0.3, -0.25) is 18.9 Å². The number of ether oxygens (including phenoxy) is 3. The number of likely N-dealkylation sites (tertiary alicyclic amines) is 1. The van der Waals surface area contributed by atoms with Crippen molar-refractivity contribution in [1.29, 1.82) is 0 Å². The van der Waals surface area contributed by atoms with Gasteiger partial charge in [-0.15, -0.1) is 0 Å². The maximum absolute atomic E-state index is 13.7. The quantitative estimate of drug-likeness (QED) is 0.147. The van der Waals surface area contributed by atoms with Crippen LogP contribution in [-0.2, 0) is 14.3 Å². The van der Waals surface area contributed by atoms with E-state index < -0.39 is 17.7 Å². The van der Waals surface area contributed by atoms with Crippen molar-refractivity contribution in [1.82, 2.24) is 19.2 Å². The van der Waals surface area contributed by atoms with Crippen LogP contribution >= 0.6 is 0 Å². The normalized spacial score (nSPS) is 19.1. The molecule has 1 unspecified atom stereocenters. The van der Waals surface area contributed by atoms with Gasteiger partial charge >= 0.3 is 0 Å². The molecule has 1 N–H and O–H groups in total. The number of pyridine rings is 1. The molecule has 0 radical (unpaired) electrons. The number of morpholine rings is 1. The third-order valence-corrected chi connectivity index (χ3v) is 7.95. The molecular weight excluding hydrogens is 536 g/mol. The molecule has 2 aliphatic rings. The number of aliphatic hydroxyl groups is 1. The Bertz CT molecular complexity index is 1460. The summed E-state index contributed by atoms with van der Waals surface area (Å²) >= 11 is 0.